The molecule has 1 aromatic rings. The lowest BCUT2D eigenvalue weighted by molar-refractivity contribution is 0.0230. The molecule has 0 aliphatic carbocycles. The molecule has 2 nitrogen and oxygen atoms in total. The molecule has 1 aromatic carbocycles. The molecule has 0 radical (unpaired) electrons. The quantitative estimate of drug-likeness (QED) is 0.908. The van der Waals surface area contributed by atoms with Gasteiger partial charge in [0, 0.05) is 22.5 Å². The van der Waals surface area contributed by atoms with Gasteiger partial charge in [0.25, 0.3) is 0 Å². The molecule has 3 heteroatoms. The molecule has 1 aliphatic rings. The predicted octanol–water partition coefficient (Wildman–Crippen LogP) is 4.18. The molecule has 1 aliphatic heterocycles. The largest absolute Gasteiger partial charge is 0.487 e. The van der Waals surface area contributed by atoms with Gasteiger partial charge in [-0.25, -0.2) is 0 Å². The van der Waals surface area contributed by atoms with Gasteiger partial charge < -0.3 is 10.5 Å². The Hall–Kier alpha value is -0.540. The fourth-order valence-corrected chi connectivity index (χ4v) is 3.07. The van der Waals surface area contributed by atoms with Crippen LogP contribution in [0, 0.1) is 0 Å². The van der Waals surface area contributed by atoms with E-state index < -0.39 is 0 Å². The van der Waals surface area contributed by atoms with Crippen molar-refractivity contribution in [1.82, 2.24) is 0 Å². The summed E-state index contributed by atoms with van der Waals surface area (Å²) >= 11 is 3.48. The van der Waals surface area contributed by atoms with Gasteiger partial charge >= 0.3 is 0 Å². The molecule has 0 spiro atoms. The van der Waals surface area contributed by atoms with Crippen LogP contribution in [-0.4, -0.2) is 5.60 Å². The van der Waals surface area contributed by atoms with E-state index in [0.717, 1.165) is 41.5 Å². The van der Waals surface area contributed by atoms with Crippen LogP contribution in [0.25, 0.3) is 0 Å². The molecule has 2 rings (SSSR count). The van der Waals surface area contributed by atoms with Crippen LogP contribution in [0.2, 0.25) is 0 Å². The Morgan fingerprint density at radius 2 is 2.24 bits per heavy atom. The fraction of sp³-hybridized carbons (Fsp3) is 0.571. The third-order valence-electron chi connectivity index (χ3n) is 3.64. The van der Waals surface area contributed by atoms with Crippen LogP contribution >= 0.6 is 15.9 Å². The predicted molar refractivity (Wildman–Crippen MR) is 74.2 cm³/mol. The maximum Gasteiger partial charge on any atom is 0.124 e. The number of halogens is 1. The van der Waals surface area contributed by atoms with Crippen molar-refractivity contribution >= 4 is 15.9 Å². The molecule has 0 amide bonds. The van der Waals surface area contributed by atoms with Gasteiger partial charge in [-0.2, -0.15) is 0 Å². The number of hydrogen-bond donors (Lipinski definition) is 1. The molecule has 17 heavy (non-hydrogen) atoms. The van der Waals surface area contributed by atoms with E-state index in [1.807, 2.05) is 12.1 Å². The zero-order valence-corrected chi connectivity index (χ0v) is 12.1. The Balaban J connectivity index is 2.35. The molecule has 2 N–H and O–H groups in total. The number of rotatable bonds is 3. The van der Waals surface area contributed by atoms with E-state index in [0.29, 0.717) is 0 Å². The summed E-state index contributed by atoms with van der Waals surface area (Å²) in [6, 6.07) is 6.20. The van der Waals surface area contributed by atoms with Crippen LogP contribution < -0.4 is 10.5 Å². The molecule has 0 saturated heterocycles. The van der Waals surface area contributed by atoms with E-state index in [1.54, 1.807) is 0 Å². The minimum Gasteiger partial charge on any atom is -0.487 e. The Labute approximate surface area is 112 Å². The zero-order chi connectivity index (χ0) is 12.5. The van der Waals surface area contributed by atoms with E-state index in [9.17, 15) is 0 Å². The minimum absolute atomic E-state index is 0.0605. The number of fused-ring (bicyclic) bond motifs is 1. The fourth-order valence-electron chi connectivity index (χ4n) is 2.69. The van der Waals surface area contributed by atoms with E-state index in [1.165, 1.54) is 0 Å². The van der Waals surface area contributed by atoms with Crippen LogP contribution in [0.3, 0.4) is 0 Å². The number of ether oxygens (including phenoxy) is 1. The average Bonchev–Trinajstić information content (AvgIpc) is 2.31. The highest BCUT2D eigenvalue weighted by Crippen LogP contribution is 2.43. The molecule has 0 aromatic heterocycles. The molecule has 0 saturated carbocycles. The summed E-state index contributed by atoms with van der Waals surface area (Å²) in [6.45, 7) is 4.38. The zero-order valence-electron chi connectivity index (χ0n) is 10.5. The molecule has 0 fully saturated rings. The van der Waals surface area contributed by atoms with Crippen LogP contribution in [0.15, 0.2) is 22.7 Å². The standard InChI is InChI=1S/C14H20BrNO/c1-3-7-14(4-2)9-12(16)11-8-10(15)5-6-13(11)17-14/h5-6,8,12H,3-4,7,9,16H2,1-2H3/t12-,14?/m0/s1. The lowest BCUT2D eigenvalue weighted by atomic mass is 9.83. The summed E-state index contributed by atoms with van der Waals surface area (Å²) in [7, 11) is 0. The Kier molecular flexibility index (Phi) is 3.79. The van der Waals surface area contributed by atoms with Crippen LogP contribution in [0.1, 0.15) is 51.1 Å². The van der Waals surface area contributed by atoms with Crippen molar-refractivity contribution < 1.29 is 4.74 Å². The summed E-state index contributed by atoms with van der Waals surface area (Å²) < 4.78 is 7.30. The van der Waals surface area contributed by atoms with Crippen molar-refractivity contribution in [3.63, 3.8) is 0 Å². The van der Waals surface area contributed by atoms with Gasteiger partial charge in [0.2, 0.25) is 0 Å². The molecule has 1 unspecified atom stereocenters. The Morgan fingerprint density at radius 1 is 1.47 bits per heavy atom. The van der Waals surface area contributed by atoms with Gasteiger partial charge in [-0.15, -0.1) is 0 Å². The van der Waals surface area contributed by atoms with Crippen LogP contribution in [0.4, 0.5) is 0 Å². The Bertz CT molecular complexity index is 407. The first-order chi connectivity index (χ1) is 8.10. The maximum atomic E-state index is 6.30. The molecule has 94 valence electrons. The summed E-state index contributed by atoms with van der Waals surface area (Å²) in [5.41, 5.74) is 7.36. The van der Waals surface area contributed by atoms with Crippen molar-refractivity contribution in [2.75, 3.05) is 0 Å². The molecular formula is C14H20BrNO. The van der Waals surface area contributed by atoms with Gasteiger partial charge in [0.1, 0.15) is 11.4 Å². The van der Waals surface area contributed by atoms with Gasteiger partial charge in [-0.3, -0.25) is 0 Å². The third kappa shape index (κ3) is 2.50. The summed E-state index contributed by atoms with van der Waals surface area (Å²) in [4.78, 5) is 0. The minimum atomic E-state index is -0.0605. The van der Waals surface area contributed by atoms with Crippen LogP contribution in [0.5, 0.6) is 5.75 Å². The van der Waals surface area contributed by atoms with E-state index >= 15 is 0 Å². The van der Waals surface area contributed by atoms with Gasteiger partial charge in [0.15, 0.2) is 0 Å². The number of hydrogen-bond acceptors (Lipinski definition) is 2. The molecule has 2 atom stereocenters. The normalized spacial score (nSPS) is 27.4. The second-order valence-electron chi connectivity index (χ2n) is 4.88. The summed E-state index contributed by atoms with van der Waals surface area (Å²) in [5, 5.41) is 0. The number of nitrogens with two attached hydrogens (primary N) is 1. The van der Waals surface area contributed by atoms with Gasteiger partial charge in [0.05, 0.1) is 0 Å². The lowest BCUT2D eigenvalue weighted by Gasteiger charge is -2.41. The maximum absolute atomic E-state index is 6.30. The van der Waals surface area contributed by atoms with E-state index in [4.69, 9.17) is 10.5 Å². The van der Waals surface area contributed by atoms with Crippen molar-refractivity contribution in [3.8, 4) is 5.75 Å². The highest BCUT2D eigenvalue weighted by atomic mass is 79.9. The van der Waals surface area contributed by atoms with Crippen molar-refractivity contribution in [2.45, 2.75) is 51.2 Å². The van der Waals surface area contributed by atoms with Crippen molar-refractivity contribution in [2.24, 2.45) is 5.73 Å². The summed E-state index contributed by atoms with van der Waals surface area (Å²) in [6.07, 6.45) is 4.14. The lowest BCUT2D eigenvalue weighted by Crippen LogP contribution is -2.42. The second kappa shape index (κ2) is 4.99. The first-order valence-electron chi connectivity index (χ1n) is 6.34. The van der Waals surface area contributed by atoms with Crippen molar-refractivity contribution in [1.29, 1.82) is 0 Å². The highest BCUT2D eigenvalue weighted by Gasteiger charge is 2.37. The SMILES string of the molecule is CCCC1(CC)C[C@H](N)c2cc(Br)ccc2O1. The molecule has 1 heterocycles. The first-order valence-corrected chi connectivity index (χ1v) is 7.13. The van der Waals surface area contributed by atoms with Gasteiger partial charge in [-0.1, -0.05) is 36.2 Å². The van der Waals surface area contributed by atoms with E-state index in [2.05, 4.69) is 35.8 Å². The average molecular weight is 298 g/mol. The molecule has 0 bridgehead atoms. The number of benzene rings is 1. The van der Waals surface area contributed by atoms with Gasteiger partial charge in [-0.05, 0) is 31.0 Å². The van der Waals surface area contributed by atoms with E-state index in [-0.39, 0.29) is 11.6 Å². The van der Waals surface area contributed by atoms with Crippen molar-refractivity contribution in [3.05, 3.63) is 28.2 Å². The first kappa shape index (κ1) is 12.9. The topological polar surface area (TPSA) is 35.2 Å². The smallest absolute Gasteiger partial charge is 0.124 e. The highest BCUT2D eigenvalue weighted by molar-refractivity contribution is 9.10. The monoisotopic (exact) mass is 297 g/mol. The second-order valence-corrected chi connectivity index (χ2v) is 5.80. The molecular weight excluding hydrogens is 278 g/mol. The Morgan fingerprint density at radius 3 is 2.88 bits per heavy atom. The summed E-state index contributed by atoms with van der Waals surface area (Å²) in [5.74, 6) is 0.960. The third-order valence-corrected chi connectivity index (χ3v) is 4.13. The van der Waals surface area contributed by atoms with Crippen LogP contribution in [-0.2, 0) is 0 Å².